The first-order valence-electron chi connectivity index (χ1n) is 11.3. The number of nitrogens with zero attached hydrogens (tertiary/aromatic N) is 3. The third-order valence-corrected chi connectivity index (χ3v) is 7.88. The van der Waals surface area contributed by atoms with Crippen molar-refractivity contribution in [1.82, 2.24) is 14.2 Å². The molecular weight excluding hydrogens is 454 g/mol. The van der Waals surface area contributed by atoms with Crippen molar-refractivity contribution in [3.05, 3.63) is 53.9 Å². The highest BCUT2D eigenvalue weighted by Gasteiger charge is 2.38. The van der Waals surface area contributed by atoms with Gasteiger partial charge in [0.05, 0.1) is 13.2 Å². The maximum Gasteiger partial charge on any atom is 0.247 e. The van der Waals surface area contributed by atoms with Crippen LogP contribution >= 0.6 is 0 Å². The fourth-order valence-corrected chi connectivity index (χ4v) is 5.57. The Morgan fingerprint density at radius 3 is 2.71 bits per heavy atom. The highest BCUT2D eigenvalue weighted by atomic mass is 32.2. The van der Waals surface area contributed by atoms with Crippen LogP contribution in [0.2, 0.25) is 0 Å². The lowest BCUT2D eigenvalue weighted by Crippen LogP contribution is -2.50. The van der Waals surface area contributed by atoms with Gasteiger partial charge in [0.15, 0.2) is 0 Å². The second-order valence-corrected chi connectivity index (χ2v) is 10.4. The zero-order valence-electron chi connectivity index (χ0n) is 19.9. The Morgan fingerprint density at radius 1 is 1.32 bits per heavy atom. The third kappa shape index (κ3) is 5.76. The molecular formula is C25H31N3O5S. The van der Waals surface area contributed by atoms with Gasteiger partial charge in [-0.3, -0.25) is 9.78 Å². The van der Waals surface area contributed by atoms with Gasteiger partial charge >= 0.3 is 0 Å². The minimum atomic E-state index is -3.93. The summed E-state index contributed by atoms with van der Waals surface area (Å²) in [6.45, 7) is 5.50. The highest BCUT2D eigenvalue weighted by molar-refractivity contribution is 7.89. The van der Waals surface area contributed by atoms with Crippen LogP contribution < -0.4 is 4.74 Å². The Morgan fingerprint density at radius 2 is 2.06 bits per heavy atom. The largest absolute Gasteiger partial charge is 0.487 e. The molecule has 0 fully saturated rings. The van der Waals surface area contributed by atoms with Gasteiger partial charge in [0, 0.05) is 55.5 Å². The van der Waals surface area contributed by atoms with Gasteiger partial charge in [-0.2, -0.15) is 4.31 Å². The molecule has 1 aliphatic rings. The molecule has 1 aliphatic heterocycles. The van der Waals surface area contributed by atoms with Crippen LogP contribution in [0.15, 0.2) is 47.6 Å². The van der Waals surface area contributed by atoms with E-state index in [4.69, 9.17) is 4.74 Å². The molecule has 1 amide bonds. The molecule has 3 rings (SSSR count). The van der Waals surface area contributed by atoms with E-state index in [1.54, 1.807) is 56.4 Å². The maximum atomic E-state index is 13.5. The first kappa shape index (κ1) is 25.7. The maximum absolute atomic E-state index is 13.5. The van der Waals surface area contributed by atoms with E-state index >= 15 is 0 Å². The van der Waals surface area contributed by atoms with Crippen LogP contribution in [-0.4, -0.2) is 72.5 Å². The van der Waals surface area contributed by atoms with Crippen LogP contribution in [0, 0.1) is 17.8 Å². The van der Waals surface area contributed by atoms with Crippen molar-refractivity contribution < 1.29 is 23.1 Å². The Kier molecular flexibility index (Phi) is 8.31. The minimum Gasteiger partial charge on any atom is -0.487 e. The van der Waals surface area contributed by atoms with E-state index in [9.17, 15) is 18.3 Å². The number of carbonyl (C=O) groups is 1. The lowest BCUT2D eigenvalue weighted by atomic mass is 10.0. The van der Waals surface area contributed by atoms with Gasteiger partial charge in [0.1, 0.15) is 16.7 Å². The van der Waals surface area contributed by atoms with Gasteiger partial charge in [0.25, 0.3) is 0 Å². The van der Waals surface area contributed by atoms with Gasteiger partial charge in [-0.25, -0.2) is 8.42 Å². The lowest BCUT2D eigenvalue weighted by molar-refractivity contribution is -0.131. The molecule has 34 heavy (non-hydrogen) atoms. The molecule has 182 valence electrons. The monoisotopic (exact) mass is 485 g/mol. The molecule has 1 aromatic heterocycles. The number of fused-ring (bicyclic) bond motifs is 1. The summed E-state index contributed by atoms with van der Waals surface area (Å²) in [5.74, 6) is 5.96. The molecule has 0 aliphatic carbocycles. The molecule has 0 unspecified atom stereocenters. The standard InChI is InChI=1S/C25H31N3O5S/c1-5-25(30)27(4)16-23-18(2)15-28(19(3)17-29)34(31,32)24-11-10-20(13-22(24)33-23)8-9-21-7-6-12-26-14-21/h6-7,10-14,18-19,23,29H,5,15-17H2,1-4H3/t18-,19-,23-/m0/s1. The number of carbonyl (C=O) groups excluding carboxylic acids is 1. The van der Waals surface area contributed by atoms with Gasteiger partial charge in [-0.15, -0.1) is 0 Å². The first-order chi connectivity index (χ1) is 16.2. The summed E-state index contributed by atoms with van der Waals surface area (Å²) in [7, 11) is -2.22. The zero-order chi connectivity index (χ0) is 24.9. The number of hydrogen-bond acceptors (Lipinski definition) is 6. The van der Waals surface area contributed by atoms with Crippen LogP contribution in [-0.2, 0) is 14.8 Å². The summed E-state index contributed by atoms with van der Waals surface area (Å²) in [5, 5.41) is 9.74. The van der Waals surface area contributed by atoms with E-state index in [-0.39, 0.29) is 35.6 Å². The second-order valence-electron chi connectivity index (χ2n) is 8.52. The second kappa shape index (κ2) is 11.0. The Bertz CT molecular complexity index is 1170. The summed E-state index contributed by atoms with van der Waals surface area (Å²) < 4.78 is 34.6. The smallest absolute Gasteiger partial charge is 0.247 e. The summed E-state index contributed by atoms with van der Waals surface area (Å²) in [5.41, 5.74) is 1.32. The number of likely N-dealkylation sites (N-methyl/N-ethyl adjacent to an activating group) is 1. The molecule has 1 aromatic carbocycles. The van der Waals surface area contributed by atoms with Crippen LogP contribution in [0.1, 0.15) is 38.3 Å². The highest BCUT2D eigenvalue weighted by Crippen LogP contribution is 2.34. The van der Waals surface area contributed by atoms with Crippen molar-refractivity contribution in [2.75, 3.05) is 26.7 Å². The van der Waals surface area contributed by atoms with Gasteiger partial charge in [-0.1, -0.05) is 25.7 Å². The van der Waals surface area contributed by atoms with E-state index in [1.165, 1.54) is 10.4 Å². The van der Waals surface area contributed by atoms with Crippen LogP contribution in [0.4, 0.5) is 0 Å². The number of pyridine rings is 1. The molecule has 0 spiro atoms. The SMILES string of the molecule is CCC(=O)N(C)C[C@@H]1Oc2cc(C#Cc3cccnc3)ccc2S(=O)(=O)N([C@@H](C)CO)C[C@@H]1C. The fraction of sp³-hybridized carbons (Fsp3) is 0.440. The van der Waals surface area contributed by atoms with Crippen LogP contribution in [0.3, 0.4) is 0 Å². The number of aromatic nitrogens is 1. The van der Waals surface area contributed by atoms with Gasteiger partial charge in [-0.05, 0) is 37.3 Å². The number of ether oxygens (including phenoxy) is 1. The number of aliphatic hydroxyl groups is 1. The normalized spacial score (nSPS) is 20.5. The van der Waals surface area contributed by atoms with Crippen molar-refractivity contribution >= 4 is 15.9 Å². The molecule has 8 nitrogen and oxygen atoms in total. The van der Waals surface area contributed by atoms with E-state index in [0.717, 1.165) is 5.56 Å². The van der Waals surface area contributed by atoms with E-state index < -0.39 is 22.2 Å². The first-order valence-corrected chi connectivity index (χ1v) is 12.7. The Balaban J connectivity index is 2.06. The molecule has 0 radical (unpaired) electrons. The minimum absolute atomic E-state index is 0.0149. The average Bonchev–Trinajstić information content (AvgIpc) is 2.84. The number of hydrogen-bond donors (Lipinski definition) is 1. The molecule has 0 saturated carbocycles. The number of rotatable bonds is 5. The number of sulfonamides is 1. The number of aliphatic hydroxyl groups excluding tert-OH is 1. The zero-order valence-corrected chi connectivity index (χ0v) is 20.7. The van der Waals surface area contributed by atoms with Gasteiger partial charge in [0.2, 0.25) is 15.9 Å². The van der Waals surface area contributed by atoms with Gasteiger partial charge < -0.3 is 14.7 Å². The van der Waals surface area contributed by atoms with Crippen molar-refractivity contribution in [1.29, 1.82) is 0 Å². The number of benzene rings is 1. The molecule has 3 atom stereocenters. The predicted octanol–water partition coefficient (Wildman–Crippen LogP) is 2.12. The third-order valence-electron chi connectivity index (χ3n) is 5.86. The summed E-state index contributed by atoms with van der Waals surface area (Å²) in [6, 6.07) is 7.75. The Hall–Kier alpha value is -2.93. The number of amides is 1. The average molecular weight is 486 g/mol. The van der Waals surface area contributed by atoms with E-state index in [2.05, 4.69) is 16.8 Å². The van der Waals surface area contributed by atoms with E-state index in [0.29, 0.717) is 18.5 Å². The van der Waals surface area contributed by atoms with Crippen molar-refractivity contribution in [3.63, 3.8) is 0 Å². The summed E-state index contributed by atoms with van der Waals surface area (Å²) in [6.07, 6.45) is 3.22. The van der Waals surface area contributed by atoms with Crippen molar-refractivity contribution in [2.45, 2.75) is 44.2 Å². The summed E-state index contributed by atoms with van der Waals surface area (Å²) in [4.78, 5) is 17.9. The molecule has 0 bridgehead atoms. The lowest BCUT2D eigenvalue weighted by Gasteiger charge is -2.37. The molecule has 0 saturated heterocycles. The Labute approximate surface area is 201 Å². The van der Waals surface area contributed by atoms with Crippen LogP contribution in [0.25, 0.3) is 0 Å². The van der Waals surface area contributed by atoms with E-state index in [1.807, 2.05) is 13.0 Å². The topological polar surface area (TPSA) is 100 Å². The summed E-state index contributed by atoms with van der Waals surface area (Å²) >= 11 is 0. The molecule has 1 N–H and O–H groups in total. The van der Waals surface area contributed by atoms with Crippen molar-refractivity contribution in [3.8, 4) is 17.6 Å². The molecule has 2 aromatic rings. The van der Waals surface area contributed by atoms with Crippen LogP contribution in [0.5, 0.6) is 5.75 Å². The molecule has 9 heteroatoms. The van der Waals surface area contributed by atoms with Crippen molar-refractivity contribution in [2.24, 2.45) is 5.92 Å². The predicted molar refractivity (Wildman–Crippen MR) is 129 cm³/mol. The quantitative estimate of drug-likeness (QED) is 0.652. The molecule has 2 heterocycles. The fourth-order valence-electron chi connectivity index (χ4n) is 3.74.